The van der Waals surface area contributed by atoms with Gasteiger partial charge in [-0.05, 0) is 18.2 Å². The van der Waals surface area contributed by atoms with Crippen molar-refractivity contribution in [2.75, 3.05) is 5.32 Å². The number of halogens is 4. The molecule has 18 heavy (non-hydrogen) atoms. The molecule has 0 saturated heterocycles. The Hall–Kier alpha value is -1.32. The molecule has 0 heterocycles. The Balaban J connectivity index is 2.14. The van der Waals surface area contributed by atoms with Crippen molar-refractivity contribution in [3.8, 4) is 0 Å². The summed E-state index contributed by atoms with van der Waals surface area (Å²) in [6.45, 7) is 0.201. The fourth-order valence-corrected chi connectivity index (χ4v) is 1.86. The summed E-state index contributed by atoms with van der Waals surface area (Å²) in [6.07, 6.45) is 0. The van der Waals surface area contributed by atoms with Gasteiger partial charge in [0.25, 0.3) is 0 Å². The zero-order valence-electron chi connectivity index (χ0n) is 9.18. The van der Waals surface area contributed by atoms with Crippen molar-refractivity contribution in [1.82, 2.24) is 0 Å². The third-order valence-electron chi connectivity index (χ3n) is 2.44. The van der Waals surface area contributed by atoms with E-state index in [0.29, 0.717) is 21.3 Å². The average molecular weight is 288 g/mol. The van der Waals surface area contributed by atoms with Crippen LogP contribution in [-0.2, 0) is 6.54 Å². The number of hydrogen-bond donors (Lipinski definition) is 1. The first-order valence-electron chi connectivity index (χ1n) is 5.20. The highest BCUT2D eigenvalue weighted by Gasteiger charge is 2.06. The summed E-state index contributed by atoms with van der Waals surface area (Å²) < 4.78 is 26.1. The second kappa shape index (κ2) is 5.55. The third-order valence-corrected chi connectivity index (χ3v) is 3.25. The Morgan fingerprint density at radius 3 is 2.56 bits per heavy atom. The molecular weight excluding hydrogens is 279 g/mol. The van der Waals surface area contributed by atoms with Crippen LogP contribution in [0.5, 0.6) is 0 Å². The fourth-order valence-electron chi connectivity index (χ4n) is 1.50. The fraction of sp³-hybridized carbons (Fsp3) is 0.0769. The van der Waals surface area contributed by atoms with Crippen LogP contribution in [0.2, 0.25) is 10.0 Å². The molecule has 1 N–H and O–H groups in total. The molecule has 0 aromatic heterocycles. The summed E-state index contributed by atoms with van der Waals surface area (Å²) in [5.41, 5.74) is 0.959. The Kier molecular flexibility index (Phi) is 4.04. The number of rotatable bonds is 3. The molecular formula is C13H9Cl2F2N. The minimum atomic E-state index is -0.600. The number of anilines is 1. The lowest BCUT2D eigenvalue weighted by atomic mass is 10.2. The van der Waals surface area contributed by atoms with Crippen molar-refractivity contribution in [1.29, 1.82) is 0 Å². The summed E-state index contributed by atoms with van der Waals surface area (Å²) in [5, 5.41) is 3.75. The molecule has 1 nitrogen and oxygen atoms in total. The van der Waals surface area contributed by atoms with E-state index in [1.807, 2.05) is 0 Å². The van der Waals surface area contributed by atoms with Crippen LogP contribution >= 0.6 is 23.2 Å². The molecule has 0 saturated carbocycles. The van der Waals surface area contributed by atoms with E-state index in [9.17, 15) is 8.78 Å². The van der Waals surface area contributed by atoms with Gasteiger partial charge in [0.05, 0.1) is 15.7 Å². The molecule has 2 rings (SSSR count). The van der Waals surface area contributed by atoms with Gasteiger partial charge >= 0.3 is 0 Å². The van der Waals surface area contributed by atoms with E-state index in [4.69, 9.17) is 23.2 Å². The molecule has 0 bridgehead atoms. The highest BCUT2D eigenvalue weighted by Crippen LogP contribution is 2.29. The largest absolute Gasteiger partial charge is 0.380 e. The van der Waals surface area contributed by atoms with Crippen molar-refractivity contribution >= 4 is 28.9 Å². The van der Waals surface area contributed by atoms with E-state index in [2.05, 4.69) is 5.32 Å². The zero-order chi connectivity index (χ0) is 13.1. The van der Waals surface area contributed by atoms with Crippen LogP contribution in [0.1, 0.15) is 5.56 Å². The van der Waals surface area contributed by atoms with Crippen molar-refractivity contribution in [3.63, 3.8) is 0 Å². The van der Waals surface area contributed by atoms with Crippen LogP contribution in [0.25, 0.3) is 0 Å². The predicted octanol–water partition coefficient (Wildman–Crippen LogP) is 4.88. The summed E-state index contributed by atoms with van der Waals surface area (Å²) in [4.78, 5) is 0. The highest BCUT2D eigenvalue weighted by molar-refractivity contribution is 6.43. The maximum Gasteiger partial charge on any atom is 0.131 e. The molecule has 5 heteroatoms. The molecule has 0 fully saturated rings. The van der Waals surface area contributed by atoms with Crippen LogP contribution in [0, 0.1) is 11.6 Å². The molecule has 2 aromatic rings. The molecule has 2 aromatic carbocycles. The summed E-state index contributed by atoms with van der Waals surface area (Å²) in [7, 11) is 0. The van der Waals surface area contributed by atoms with Gasteiger partial charge in [0.1, 0.15) is 11.6 Å². The van der Waals surface area contributed by atoms with E-state index in [0.717, 1.165) is 6.07 Å². The second-order valence-corrected chi connectivity index (χ2v) is 4.48. The second-order valence-electron chi connectivity index (χ2n) is 3.69. The molecule has 0 aliphatic heterocycles. The van der Waals surface area contributed by atoms with Gasteiger partial charge in [-0.2, -0.15) is 0 Å². The van der Waals surface area contributed by atoms with Gasteiger partial charge in [-0.15, -0.1) is 0 Å². The first kappa shape index (κ1) is 13.1. The summed E-state index contributed by atoms with van der Waals surface area (Å²) in [6, 6.07) is 8.56. The van der Waals surface area contributed by atoms with Crippen LogP contribution in [0.15, 0.2) is 36.4 Å². The van der Waals surface area contributed by atoms with Gasteiger partial charge in [0.15, 0.2) is 0 Å². The number of nitrogens with one attached hydrogen (secondary N) is 1. The quantitative estimate of drug-likeness (QED) is 0.848. The average Bonchev–Trinajstić information content (AvgIpc) is 2.33. The van der Waals surface area contributed by atoms with Gasteiger partial charge in [-0.25, -0.2) is 8.78 Å². The summed E-state index contributed by atoms with van der Waals surface area (Å²) in [5.74, 6) is -1.20. The zero-order valence-corrected chi connectivity index (χ0v) is 10.7. The van der Waals surface area contributed by atoms with E-state index >= 15 is 0 Å². The van der Waals surface area contributed by atoms with Crippen LogP contribution in [-0.4, -0.2) is 0 Å². The minimum Gasteiger partial charge on any atom is -0.380 e. The lowest BCUT2D eigenvalue weighted by Crippen LogP contribution is -2.02. The number of hydrogen-bond acceptors (Lipinski definition) is 1. The van der Waals surface area contributed by atoms with Crippen molar-refractivity contribution < 1.29 is 8.78 Å². The van der Waals surface area contributed by atoms with E-state index < -0.39 is 11.6 Å². The molecule has 94 valence electrons. The smallest absolute Gasteiger partial charge is 0.131 e. The van der Waals surface area contributed by atoms with Gasteiger partial charge < -0.3 is 5.32 Å². The van der Waals surface area contributed by atoms with Crippen molar-refractivity contribution in [2.45, 2.75) is 6.54 Å². The minimum absolute atomic E-state index is 0.201. The van der Waals surface area contributed by atoms with Crippen LogP contribution < -0.4 is 5.32 Å². The van der Waals surface area contributed by atoms with Gasteiger partial charge in [0.2, 0.25) is 0 Å². The topological polar surface area (TPSA) is 12.0 Å². The van der Waals surface area contributed by atoms with Gasteiger partial charge in [-0.3, -0.25) is 0 Å². The Morgan fingerprint density at radius 1 is 1.06 bits per heavy atom. The highest BCUT2D eigenvalue weighted by atomic mass is 35.5. The maximum atomic E-state index is 13.4. The molecule has 0 aliphatic rings. The molecule has 0 unspecified atom stereocenters. The molecule has 0 radical (unpaired) electrons. The Labute approximate surface area is 113 Å². The van der Waals surface area contributed by atoms with Crippen molar-refractivity contribution in [3.05, 3.63) is 63.6 Å². The Morgan fingerprint density at radius 2 is 1.83 bits per heavy atom. The van der Waals surface area contributed by atoms with E-state index in [1.54, 1.807) is 18.2 Å². The summed E-state index contributed by atoms with van der Waals surface area (Å²) >= 11 is 11.8. The number of benzene rings is 2. The SMILES string of the molecule is Fc1ccc(CNc2cccc(Cl)c2Cl)c(F)c1. The lowest BCUT2D eigenvalue weighted by Gasteiger charge is -2.10. The predicted molar refractivity (Wildman–Crippen MR) is 70.1 cm³/mol. The van der Waals surface area contributed by atoms with Crippen molar-refractivity contribution in [2.24, 2.45) is 0 Å². The molecule has 0 atom stereocenters. The monoisotopic (exact) mass is 287 g/mol. The van der Waals surface area contributed by atoms with E-state index in [-0.39, 0.29) is 6.54 Å². The standard InChI is InChI=1S/C13H9Cl2F2N/c14-10-2-1-3-12(13(10)15)18-7-8-4-5-9(16)6-11(8)17/h1-6,18H,7H2. The lowest BCUT2D eigenvalue weighted by molar-refractivity contribution is 0.574. The van der Waals surface area contributed by atoms with Crippen LogP contribution in [0.4, 0.5) is 14.5 Å². The normalized spacial score (nSPS) is 10.4. The first-order valence-corrected chi connectivity index (χ1v) is 5.95. The van der Waals surface area contributed by atoms with Gasteiger partial charge in [-0.1, -0.05) is 35.3 Å². The molecule has 0 spiro atoms. The third kappa shape index (κ3) is 2.92. The van der Waals surface area contributed by atoms with Gasteiger partial charge in [0, 0.05) is 18.2 Å². The van der Waals surface area contributed by atoms with Crippen LogP contribution in [0.3, 0.4) is 0 Å². The van der Waals surface area contributed by atoms with E-state index in [1.165, 1.54) is 12.1 Å². The maximum absolute atomic E-state index is 13.4. The Bertz CT molecular complexity index is 573. The molecule has 0 amide bonds. The molecule has 0 aliphatic carbocycles. The first-order chi connectivity index (χ1) is 8.58.